The summed E-state index contributed by atoms with van der Waals surface area (Å²) in [6.45, 7) is 3.43. The number of carbonyl (C=O) groups excluding carboxylic acids is 1. The van der Waals surface area contributed by atoms with Gasteiger partial charge in [0.25, 0.3) is 5.91 Å². The molecule has 0 saturated carbocycles. The summed E-state index contributed by atoms with van der Waals surface area (Å²) in [5.41, 5.74) is 1.02. The van der Waals surface area contributed by atoms with Crippen LogP contribution in [0.5, 0.6) is 5.75 Å². The van der Waals surface area contributed by atoms with Crippen molar-refractivity contribution < 1.29 is 22.4 Å². The summed E-state index contributed by atoms with van der Waals surface area (Å²) in [7, 11) is -2.47. The minimum atomic E-state index is -3.86. The zero-order valence-corrected chi connectivity index (χ0v) is 17.8. The summed E-state index contributed by atoms with van der Waals surface area (Å²) in [6.07, 6.45) is 1.53. The van der Waals surface area contributed by atoms with Gasteiger partial charge in [-0.3, -0.25) is 4.79 Å². The number of hydrogen-bond acceptors (Lipinski definition) is 5. The molecule has 0 saturated heterocycles. The molecule has 158 valence electrons. The van der Waals surface area contributed by atoms with Crippen LogP contribution in [-0.2, 0) is 10.0 Å². The molecule has 2 N–H and O–H groups in total. The quantitative estimate of drug-likeness (QED) is 0.572. The van der Waals surface area contributed by atoms with Gasteiger partial charge in [-0.05, 0) is 49.7 Å². The van der Waals surface area contributed by atoms with Crippen LogP contribution in [-0.4, -0.2) is 27.5 Å². The Morgan fingerprint density at radius 1 is 1.03 bits per heavy atom. The number of amides is 1. The number of benzene rings is 2. The van der Waals surface area contributed by atoms with Gasteiger partial charge in [0.05, 0.1) is 13.4 Å². The molecule has 3 rings (SSSR count). The van der Waals surface area contributed by atoms with Crippen LogP contribution in [0.1, 0.15) is 41.6 Å². The van der Waals surface area contributed by atoms with Crippen LogP contribution < -0.4 is 14.8 Å². The molecule has 0 bridgehead atoms. The maximum absolute atomic E-state index is 13.0. The molecule has 1 unspecified atom stereocenters. The predicted octanol–water partition coefficient (Wildman–Crippen LogP) is 3.49. The fraction of sp³-hybridized carbons (Fsp3) is 0.227. The van der Waals surface area contributed by atoms with Gasteiger partial charge >= 0.3 is 0 Å². The van der Waals surface area contributed by atoms with Crippen molar-refractivity contribution in [3.05, 3.63) is 83.8 Å². The highest BCUT2D eigenvalue weighted by molar-refractivity contribution is 7.89. The highest BCUT2D eigenvalue weighted by atomic mass is 32.2. The van der Waals surface area contributed by atoms with Crippen molar-refractivity contribution in [2.24, 2.45) is 0 Å². The number of furan rings is 1. The van der Waals surface area contributed by atoms with Crippen LogP contribution in [0.2, 0.25) is 0 Å². The zero-order chi connectivity index (χ0) is 21.7. The average Bonchev–Trinajstić information content (AvgIpc) is 3.25. The molecular formula is C22H24N2O5S. The Bertz CT molecular complexity index is 1090. The van der Waals surface area contributed by atoms with Crippen molar-refractivity contribution in [2.45, 2.75) is 30.8 Å². The Balaban J connectivity index is 1.95. The van der Waals surface area contributed by atoms with E-state index < -0.39 is 22.0 Å². The Morgan fingerprint density at radius 2 is 1.77 bits per heavy atom. The normalized spacial score (nSPS) is 12.5. The van der Waals surface area contributed by atoms with Gasteiger partial charge in [-0.15, -0.1) is 0 Å². The molecule has 1 aromatic heterocycles. The number of hydrogen-bond donors (Lipinski definition) is 2. The maximum atomic E-state index is 13.0. The molecule has 0 spiro atoms. The highest BCUT2D eigenvalue weighted by Crippen LogP contribution is 2.27. The van der Waals surface area contributed by atoms with Crippen molar-refractivity contribution in [2.75, 3.05) is 7.11 Å². The lowest BCUT2D eigenvalue weighted by Crippen LogP contribution is -2.31. The van der Waals surface area contributed by atoms with Crippen LogP contribution in [0.3, 0.4) is 0 Å². The summed E-state index contributed by atoms with van der Waals surface area (Å²) in [5, 5.41) is 2.92. The second-order valence-corrected chi connectivity index (χ2v) is 8.66. The SMILES string of the molecule is COc1ccc(C(=O)NC(c2ccccc2)c2ccco2)cc1S(=O)(=O)NC(C)C. The standard InChI is InChI=1S/C22H24N2O5S/c1-15(2)24-30(26,27)20-14-17(11-12-18(20)28-3)22(25)23-21(19-10-7-13-29-19)16-8-5-4-6-9-16/h4-15,21,24H,1-3H3,(H,23,25). The lowest BCUT2D eigenvalue weighted by molar-refractivity contribution is 0.0938. The smallest absolute Gasteiger partial charge is 0.252 e. The monoisotopic (exact) mass is 428 g/mol. The van der Waals surface area contributed by atoms with E-state index in [2.05, 4.69) is 10.0 Å². The van der Waals surface area contributed by atoms with E-state index in [1.54, 1.807) is 26.0 Å². The maximum Gasteiger partial charge on any atom is 0.252 e. The number of carbonyl (C=O) groups is 1. The molecule has 3 aromatic rings. The lowest BCUT2D eigenvalue weighted by Gasteiger charge is -2.18. The first-order valence-corrected chi connectivity index (χ1v) is 10.9. The van der Waals surface area contributed by atoms with Gasteiger partial charge in [0.1, 0.15) is 22.4 Å². The van der Waals surface area contributed by atoms with E-state index in [0.717, 1.165) is 5.56 Å². The van der Waals surface area contributed by atoms with Gasteiger partial charge in [-0.2, -0.15) is 0 Å². The van der Waals surface area contributed by atoms with Gasteiger partial charge in [-0.1, -0.05) is 30.3 Å². The zero-order valence-electron chi connectivity index (χ0n) is 17.0. The van der Waals surface area contributed by atoms with E-state index in [-0.39, 0.29) is 22.3 Å². The third-order valence-corrected chi connectivity index (χ3v) is 6.02. The second-order valence-electron chi connectivity index (χ2n) is 6.97. The van der Waals surface area contributed by atoms with Crippen molar-refractivity contribution in [1.82, 2.24) is 10.0 Å². The molecule has 2 aromatic carbocycles. The Kier molecular flexibility index (Phi) is 6.59. The van der Waals surface area contributed by atoms with Crippen molar-refractivity contribution >= 4 is 15.9 Å². The molecule has 30 heavy (non-hydrogen) atoms. The molecule has 0 fully saturated rings. The van der Waals surface area contributed by atoms with E-state index in [4.69, 9.17) is 9.15 Å². The molecule has 8 heteroatoms. The van der Waals surface area contributed by atoms with E-state index in [9.17, 15) is 13.2 Å². The number of rotatable bonds is 8. The first-order valence-electron chi connectivity index (χ1n) is 9.41. The van der Waals surface area contributed by atoms with Crippen molar-refractivity contribution in [1.29, 1.82) is 0 Å². The topological polar surface area (TPSA) is 97.6 Å². The van der Waals surface area contributed by atoms with Crippen LogP contribution in [0.25, 0.3) is 0 Å². The molecule has 1 heterocycles. The van der Waals surface area contributed by atoms with Gasteiger partial charge in [0.15, 0.2) is 0 Å². The lowest BCUT2D eigenvalue weighted by atomic mass is 10.0. The largest absolute Gasteiger partial charge is 0.495 e. The summed E-state index contributed by atoms with van der Waals surface area (Å²) < 4.78 is 38.6. The Labute approximate surface area is 176 Å². The van der Waals surface area contributed by atoms with Gasteiger partial charge in [-0.25, -0.2) is 13.1 Å². The van der Waals surface area contributed by atoms with Crippen LogP contribution in [0, 0.1) is 0 Å². The van der Waals surface area contributed by atoms with Gasteiger partial charge < -0.3 is 14.5 Å². The molecule has 0 aliphatic carbocycles. The van der Waals surface area contributed by atoms with Crippen molar-refractivity contribution in [3.63, 3.8) is 0 Å². The number of methoxy groups -OCH3 is 1. The molecule has 0 aliphatic rings. The first-order chi connectivity index (χ1) is 14.3. The molecule has 1 atom stereocenters. The van der Waals surface area contributed by atoms with Crippen LogP contribution in [0.15, 0.2) is 76.2 Å². The van der Waals surface area contributed by atoms with E-state index in [1.165, 1.54) is 31.6 Å². The molecular weight excluding hydrogens is 404 g/mol. The van der Waals surface area contributed by atoms with Crippen LogP contribution in [0.4, 0.5) is 0 Å². The molecule has 1 amide bonds. The fourth-order valence-electron chi connectivity index (χ4n) is 3.04. The minimum Gasteiger partial charge on any atom is -0.495 e. The number of sulfonamides is 1. The molecule has 0 aliphatic heterocycles. The number of nitrogens with one attached hydrogen (secondary N) is 2. The number of ether oxygens (including phenoxy) is 1. The summed E-state index contributed by atoms with van der Waals surface area (Å²) in [5.74, 6) is 0.284. The van der Waals surface area contributed by atoms with Gasteiger partial charge in [0.2, 0.25) is 10.0 Å². The van der Waals surface area contributed by atoms with E-state index in [1.807, 2.05) is 30.3 Å². The van der Waals surface area contributed by atoms with E-state index >= 15 is 0 Å². The third kappa shape index (κ3) is 4.90. The Hall–Kier alpha value is -3.10. The summed E-state index contributed by atoms with van der Waals surface area (Å²) in [6, 6.07) is 16.4. The molecule has 0 radical (unpaired) electrons. The first kappa shape index (κ1) is 21.6. The minimum absolute atomic E-state index is 0.0967. The average molecular weight is 429 g/mol. The summed E-state index contributed by atoms with van der Waals surface area (Å²) >= 11 is 0. The molecule has 7 nitrogen and oxygen atoms in total. The van der Waals surface area contributed by atoms with Crippen molar-refractivity contribution in [3.8, 4) is 5.75 Å². The summed E-state index contributed by atoms with van der Waals surface area (Å²) in [4.78, 5) is 12.9. The van der Waals surface area contributed by atoms with E-state index in [0.29, 0.717) is 5.76 Å². The van der Waals surface area contributed by atoms with Gasteiger partial charge in [0, 0.05) is 11.6 Å². The Morgan fingerprint density at radius 3 is 2.37 bits per heavy atom. The third-order valence-electron chi connectivity index (χ3n) is 4.34. The fourth-order valence-corrected chi connectivity index (χ4v) is 4.48. The predicted molar refractivity (Wildman–Crippen MR) is 113 cm³/mol. The van der Waals surface area contributed by atoms with Crippen LogP contribution >= 0.6 is 0 Å². The highest BCUT2D eigenvalue weighted by Gasteiger charge is 2.24. The second kappa shape index (κ2) is 9.15.